The predicted octanol–water partition coefficient (Wildman–Crippen LogP) is 6.41. The molecule has 0 aliphatic heterocycles. The van der Waals surface area contributed by atoms with E-state index in [4.69, 9.17) is 0 Å². The van der Waals surface area contributed by atoms with Gasteiger partial charge in [-0.15, -0.1) is 0 Å². The monoisotopic (exact) mass is 691 g/mol. The Bertz CT molecular complexity index is 873. The zero-order valence-electron chi connectivity index (χ0n) is 35.7. The van der Waals surface area contributed by atoms with Crippen LogP contribution in [0.5, 0.6) is 0 Å². The van der Waals surface area contributed by atoms with Gasteiger partial charge in [0.25, 0.3) is 0 Å². The fourth-order valence-corrected chi connectivity index (χ4v) is 6.43. The summed E-state index contributed by atoms with van der Waals surface area (Å²) in [6.07, 6.45) is 3.41. The first-order chi connectivity index (χ1) is 21.0. The van der Waals surface area contributed by atoms with Gasteiger partial charge in [-0.05, 0) is 80.6 Å². The second-order valence-corrected chi connectivity index (χ2v) is 15.0. The minimum Gasteiger partial charge on any atom is -0.432 e. The molecule has 0 spiro atoms. The van der Waals surface area contributed by atoms with Crippen LogP contribution in [0.4, 0.5) is 0 Å². The molecule has 7 heteroatoms. The molecule has 0 amide bonds. The van der Waals surface area contributed by atoms with E-state index in [1.54, 1.807) is 0 Å². The maximum Gasteiger partial charge on any atom is 1.00 e. The van der Waals surface area contributed by atoms with Crippen molar-refractivity contribution in [3.05, 3.63) is 13.0 Å². The number of likely N-dealkylation sites (N-methyl/N-ethyl adjacent to an activating group) is 3. The van der Waals surface area contributed by atoms with Crippen LogP contribution < -0.4 is 51.4 Å². The van der Waals surface area contributed by atoms with Crippen LogP contribution in [-0.2, 0) is 14.4 Å². The van der Waals surface area contributed by atoms with Crippen molar-refractivity contribution in [3.8, 4) is 0 Å². The molecule has 1 aliphatic carbocycles. The number of ketones is 3. The maximum absolute atomic E-state index is 13.4. The van der Waals surface area contributed by atoms with Crippen LogP contribution in [0, 0.1) is 42.6 Å². The summed E-state index contributed by atoms with van der Waals surface area (Å²) in [4.78, 5) is 44.6. The van der Waals surface area contributed by atoms with Crippen LogP contribution in [0.15, 0.2) is 0 Å². The van der Waals surface area contributed by atoms with E-state index in [1.807, 2.05) is 88.1 Å². The van der Waals surface area contributed by atoms with Gasteiger partial charge >= 0.3 is 51.4 Å². The van der Waals surface area contributed by atoms with Crippen molar-refractivity contribution in [1.82, 2.24) is 14.7 Å². The van der Waals surface area contributed by atoms with Crippen LogP contribution in [0.1, 0.15) is 150 Å². The molecule has 1 saturated carbocycles. The van der Waals surface area contributed by atoms with Crippen molar-refractivity contribution in [2.24, 2.45) is 29.6 Å². The summed E-state index contributed by atoms with van der Waals surface area (Å²) in [6, 6.07) is 1.86. The zero-order valence-corrected chi connectivity index (χ0v) is 38.8. The average molecular weight is 691 g/mol. The van der Waals surface area contributed by atoms with Crippen LogP contribution in [-0.4, -0.2) is 82.4 Å². The Morgan fingerprint density at radius 2 is 1.21 bits per heavy atom. The molecule has 6 nitrogen and oxygen atoms in total. The molecule has 0 aromatic carbocycles. The maximum atomic E-state index is 13.4. The molecule has 0 aromatic heterocycles. The number of carbonyl (C=O) groups is 3. The van der Waals surface area contributed by atoms with Crippen LogP contribution in [0.25, 0.3) is 0 Å². The summed E-state index contributed by atoms with van der Waals surface area (Å²) < 4.78 is 0. The Hall–Kier alpha value is 0.396. The minimum atomic E-state index is -0.487. The summed E-state index contributed by atoms with van der Waals surface area (Å²) in [7, 11) is 6.12. The SMILES string of the molecule is CC.CC.C[C-](C(=O)C(C)C)N(C)C(C)C.[CH2-]C1CC(C(=O)C(C)C)(N(C)C(C)C)CC1CCC(C)(C(=O)C(C)C)N(C)C(C)C.[K+]. The third-order valence-corrected chi connectivity index (χ3v) is 10.1. The first-order valence-corrected chi connectivity index (χ1v) is 18.5. The van der Waals surface area contributed by atoms with Crippen LogP contribution in [0.2, 0.25) is 0 Å². The van der Waals surface area contributed by atoms with E-state index < -0.39 is 11.1 Å². The number of nitrogens with zero attached hydrogens (tertiary/aromatic N) is 3. The van der Waals surface area contributed by atoms with Gasteiger partial charge in [-0.25, -0.2) is 0 Å². The van der Waals surface area contributed by atoms with Crippen LogP contribution >= 0.6 is 0 Å². The Morgan fingerprint density at radius 1 is 0.766 bits per heavy atom. The molecule has 4 unspecified atom stereocenters. The zero-order chi connectivity index (χ0) is 37.5. The third-order valence-electron chi connectivity index (χ3n) is 10.1. The molecule has 1 rings (SSSR count). The largest absolute Gasteiger partial charge is 1.00 e. The normalized spacial score (nSPS) is 20.5. The minimum absolute atomic E-state index is 0. The quantitative estimate of drug-likeness (QED) is 0.146. The molecular weight excluding hydrogens is 610 g/mol. The van der Waals surface area contributed by atoms with Crippen molar-refractivity contribution in [1.29, 1.82) is 0 Å². The first kappa shape index (κ1) is 54.2. The van der Waals surface area contributed by atoms with Gasteiger partial charge in [-0.2, -0.15) is 12.8 Å². The summed E-state index contributed by atoms with van der Waals surface area (Å²) in [5, 5.41) is 0. The summed E-state index contributed by atoms with van der Waals surface area (Å²) in [5.74, 6) is 1.60. The van der Waals surface area contributed by atoms with Gasteiger partial charge in [0, 0.05) is 29.7 Å². The fourth-order valence-electron chi connectivity index (χ4n) is 6.43. The van der Waals surface area contributed by atoms with Gasteiger partial charge in [-0.1, -0.05) is 102 Å². The molecule has 276 valence electrons. The number of carbonyl (C=O) groups excluding carboxylic acids is 3. The third kappa shape index (κ3) is 15.7. The van der Waals surface area contributed by atoms with Gasteiger partial charge in [0.15, 0.2) is 11.6 Å². The van der Waals surface area contributed by atoms with Gasteiger partial charge in [-0.3, -0.25) is 25.4 Å². The van der Waals surface area contributed by atoms with Crippen molar-refractivity contribution in [3.63, 3.8) is 0 Å². The standard InChI is InChI=1S/C26H49N2O2.C10H20NO.2C2H6.K/c1-17(2)23(29)25(10,27(11)19(5)6)14-13-22-16-26(15-21(22)9,24(30)18(3)4)28(12)20(7)8;1-7(2)10(12)9(5)11(6)8(3)4;2*1-2;/h17-22H,9,13-16H2,1-8,10-12H3;7-8H,1-6H3;2*1-2H3;/q2*-1;;;+1. The van der Waals surface area contributed by atoms with Crippen LogP contribution in [0.3, 0.4) is 0 Å². The van der Waals surface area contributed by atoms with E-state index in [0.29, 0.717) is 35.6 Å². The molecule has 1 fully saturated rings. The van der Waals surface area contributed by atoms with E-state index in [2.05, 4.69) is 79.3 Å². The second-order valence-electron chi connectivity index (χ2n) is 15.0. The second kappa shape index (κ2) is 25.4. The number of hydrogen-bond donors (Lipinski definition) is 0. The van der Waals surface area contributed by atoms with Gasteiger partial charge in [0.2, 0.25) is 0 Å². The topological polar surface area (TPSA) is 60.9 Å². The van der Waals surface area contributed by atoms with Crippen molar-refractivity contribution in [2.45, 2.75) is 180 Å². The van der Waals surface area contributed by atoms with Gasteiger partial charge < -0.3 is 16.6 Å². The summed E-state index contributed by atoms with van der Waals surface area (Å²) >= 11 is 0. The molecule has 0 N–H and O–H groups in total. The summed E-state index contributed by atoms with van der Waals surface area (Å²) in [6.45, 7) is 41.1. The molecule has 4 atom stereocenters. The van der Waals surface area contributed by atoms with Crippen molar-refractivity contribution >= 4 is 17.3 Å². The van der Waals surface area contributed by atoms with Crippen molar-refractivity contribution < 1.29 is 65.8 Å². The number of hydrogen-bond acceptors (Lipinski definition) is 6. The molecule has 0 heterocycles. The number of Topliss-reactive ketones (excluding diaryl/α,β-unsaturated/α-hetero) is 3. The molecule has 1 aliphatic rings. The Kier molecular flexibility index (Phi) is 29.2. The van der Waals surface area contributed by atoms with Gasteiger partial charge in [0.1, 0.15) is 0 Å². The van der Waals surface area contributed by atoms with E-state index in [1.165, 1.54) is 0 Å². The van der Waals surface area contributed by atoms with E-state index in [-0.39, 0.29) is 80.8 Å². The van der Waals surface area contributed by atoms with Crippen molar-refractivity contribution in [2.75, 3.05) is 21.1 Å². The predicted molar refractivity (Wildman–Crippen MR) is 202 cm³/mol. The number of rotatable bonds is 15. The van der Waals surface area contributed by atoms with E-state index in [0.717, 1.165) is 31.7 Å². The molecule has 0 aromatic rings. The molecule has 47 heavy (non-hydrogen) atoms. The Labute approximate surface area is 338 Å². The molecule has 0 bridgehead atoms. The fraction of sp³-hybridized carbons (Fsp3) is 0.875. The smallest absolute Gasteiger partial charge is 0.432 e. The Balaban J connectivity index is -0.000000457. The first-order valence-electron chi connectivity index (χ1n) is 18.5. The van der Waals surface area contributed by atoms with Gasteiger partial charge in [0.05, 0.1) is 11.1 Å². The summed E-state index contributed by atoms with van der Waals surface area (Å²) in [5.41, 5.74) is -0.916. The van der Waals surface area contributed by atoms with E-state index in [9.17, 15) is 14.4 Å². The molecule has 0 radical (unpaired) electrons. The average Bonchev–Trinajstić information content (AvgIpc) is 3.35. The molecule has 0 saturated heterocycles. The molecular formula is C40H81KN3O3-. The van der Waals surface area contributed by atoms with E-state index >= 15 is 0 Å². The Morgan fingerprint density at radius 3 is 1.53 bits per heavy atom.